The number of hydrogen-bond acceptors (Lipinski definition) is 3. The van der Waals surface area contributed by atoms with E-state index in [1.807, 2.05) is 6.92 Å². The van der Waals surface area contributed by atoms with Crippen LogP contribution in [0.1, 0.15) is 5.69 Å². The third-order valence-electron chi connectivity index (χ3n) is 2.04. The van der Waals surface area contributed by atoms with Crippen LogP contribution < -0.4 is 5.73 Å². The van der Waals surface area contributed by atoms with Gasteiger partial charge in [0.15, 0.2) is 5.95 Å². The van der Waals surface area contributed by atoms with Gasteiger partial charge in [-0.15, -0.1) is 0 Å². The molecular formula is C10H11N3O. The maximum Gasteiger partial charge on any atom is 0.198 e. The maximum absolute atomic E-state index is 9.13. The molecule has 0 fully saturated rings. The first-order valence-electron chi connectivity index (χ1n) is 4.28. The zero-order valence-electron chi connectivity index (χ0n) is 7.78. The molecule has 2 aromatic rings. The second-order valence-corrected chi connectivity index (χ2v) is 3.14. The van der Waals surface area contributed by atoms with Crippen molar-refractivity contribution in [3.63, 3.8) is 0 Å². The number of imidazole rings is 1. The molecule has 1 aromatic carbocycles. The number of H-pyrrole nitrogens is 1. The van der Waals surface area contributed by atoms with Gasteiger partial charge in [-0.1, -0.05) is 0 Å². The van der Waals surface area contributed by atoms with E-state index < -0.39 is 0 Å². The lowest BCUT2D eigenvalue weighted by molar-refractivity contribution is 0.475. The zero-order chi connectivity index (χ0) is 10.1. The summed E-state index contributed by atoms with van der Waals surface area (Å²) in [5.41, 5.74) is 8.21. The Balaban J connectivity index is 2.49. The first kappa shape index (κ1) is 8.62. The van der Waals surface area contributed by atoms with Crippen molar-refractivity contribution in [3.05, 3.63) is 30.0 Å². The quantitative estimate of drug-likeness (QED) is 0.638. The van der Waals surface area contributed by atoms with E-state index in [0.717, 1.165) is 17.0 Å². The number of aromatic hydroxyl groups is 1. The van der Waals surface area contributed by atoms with Crippen molar-refractivity contribution in [2.24, 2.45) is 0 Å². The number of aromatic amines is 1. The summed E-state index contributed by atoms with van der Waals surface area (Å²) in [5.74, 6) is 0.653. The van der Waals surface area contributed by atoms with E-state index >= 15 is 0 Å². The third kappa shape index (κ3) is 1.42. The summed E-state index contributed by atoms with van der Waals surface area (Å²) < 4.78 is 0. The number of aryl methyl sites for hydroxylation is 1. The topological polar surface area (TPSA) is 74.9 Å². The second-order valence-electron chi connectivity index (χ2n) is 3.14. The van der Waals surface area contributed by atoms with E-state index in [1.54, 1.807) is 24.3 Å². The number of rotatable bonds is 1. The number of phenols is 1. The summed E-state index contributed by atoms with van der Waals surface area (Å²) >= 11 is 0. The van der Waals surface area contributed by atoms with E-state index in [4.69, 9.17) is 10.8 Å². The van der Waals surface area contributed by atoms with Gasteiger partial charge in [-0.05, 0) is 31.2 Å². The van der Waals surface area contributed by atoms with Gasteiger partial charge in [0.2, 0.25) is 0 Å². The van der Waals surface area contributed by atoms with Crippen LogP contribution in [-0.2, 0) is 0 Å². The van der Waals surface area contributed by atoms with Crippen molar-refractivity contribution < 1.29 is 5.11 Å². The Morgan fingerprint density at radius 2 is 1.93 bits per heavy atom. The number of nitrogens with one attached hydrogen (secondary N) is 1. The number of benzene rings is 1. The van der Waals surface area contributed by atoms with Gasteiger partial charge in [0.05, 0.1) is 5.69 Å². The summed E-state index contributed by atoms with van der Waals surface area (Å²) in [6.45, 7) is 1.91. The van der Waals surface area contributed by atoms with Crippen molar-refractivity contribution in [2.45, 2.75) is 6.92 Å². The molecule has 1 heterocycles. The molecule has 14 heavy (non-hydrogen) atoms. The van der Waals surface area contributed by atoms with Crippen LogP contribution in [0, 0.1) is 6.92 Å². The molecule has 0 spiro atoms. The molecule has 0 aliphatic rings. The standard InChI is InChI=1S/C10H11N3O/c1-6-9(13-10(11)12-6)7-2-4-8(14)5-3-7/h2-5,14H,1H3,(H3,11,12,13). The lowest BCUT2D eigenvalue weighted by atomic mass is 10.1. The fourth-order valence-corrected chi connectivity index (χ4v) is 1.38. The van der Waals surface area contributed by atoms with Gasteiger partial charge >= 0.3 is 0 Å². The molecule has 0 saturated carbocycles. The molecular weight excluding hydrogens is 178 g/mol. The molecule has 0 aliphatic heterocycles. The van der Waals surface area contributed by atoms with Crippen molar-refractivity contribution in [1.82, 2.24) is 9.97 Å². The molecule has 0 bridgehead atoms. The number of nitrogens with two attached hydrogens (primary N) is 1. The molecule has 2 rings (SSSR count). The van der Waals surface area contributed by atoms with E-state index in [0.29, 0.717) is 5.95 Å². The summed E-state index contributed by atoms with van der Waals surface area (Å²) in [6.07, 6.45) is 0. The van der Waals surface area contributed by atoms with Gasteiger partial charge in [0, 0.05) is 11.3 Å². The van der Waals surface area contributed by atoms with E-state index in [2.05, 4.69) is 9.97 Å². The van der Waals surface area contributed by atoms with Crippen LogP contribution in [0.25, 0.3) is 11.3 Å². The van der Waals surface area contributed by atoms with Crippen LogP contribution in [0.4, 0.5) is 5.95 Å². The normalized spacial score (nSPS) is 10.4. The molecule has 4 nitrogen and oxygen atoms in total. The molecule has 0 unspecified atom stereocenters. The number of phenolic OH excluding ortho intramolecular Hbond substituents is 1. The largest absolute Gasteiger partial charge is 0.508 e. The first-order valence-corrected chi connectivity index (χ1v) is 4.28. The van der Waals surface area contributed by atoms with E-state index in [1.165, 1.54) is 0 Å². The summed E-state index contributed by atoms with van der Waals surface area (Å²) in [7, 11) is 0. The van der Waals surface area contributed by atoms with Crippen molar-refractivity contribution in [3.8, 4) is 17.0 Å². The molecule has 4 heteroatoms. The smallest absolute Gasteiger partial charge is 0.198 e. The molecule has 0 saturated heterocycles. The molecule has 0 aliphatic carbocycles. The van der Waals surface area contributed by atoms with Crippen LogP contribution in [0.2, 0.25) is 0 Å². The highest BCUT2D eigenvalue weighted by Crippen LogP contribution is 2.23. The van der Waals surface area contributed by atoms with E-state index in [-0.39, 0.29) is 5.75 Å². The number of anilines is 1. The lowest BCUT2D eigenvalue weighted by Crippen LogP contribution is -1.85. The number of nitrogens with zero attached hydrogens (tertiary/aromatic N) is 1. The molecule has 0 atom stereocenters. The Labute approximate surface area is 81.4 Å². The second kappa shape index (κ2) is 3.06. The van der Waals surface area contributed by atoms with Crippen molar-refractivity contribution >= 4 is 5.95 Å². The van der Waals surface area contributed by atoms with Crippen molar-refractivity contribution in [1.29, 1.82) is 0 Å². The Morgan fingerprint density at radius 3 is 2.43 bits per heavy atom. The summed E-state index contributed by atoms with van der Waals surface area (Å²) in [6, 6.07) is 6.86. The minimum Gasteiger partial charge on any atom is -0.508 e. The highest BCUT2D eigenvalue weighted by atomic mass is 16.3. The van der Waals surface area contributed by atoms with Gasteiger partial charge in [-0.3, -0.25) is 0 Å². The van der Waals surface area contributed by atoms with Crippen LogP contribution in [-0.4, -0.2) is 15.1 Å². The monoisotopic (exact) mass is 189 g/mol. The van der Waals surface area contributed by atoms with Crippen LogP contribution >= 0.6 is 0 Å². The number of nitrogen functional groups attached to an aromatic ring is 1. The molecule has 0 radical (unpaired) electrons. The SMILES string of the molecule is Cc1[nH]c(N)nc1-c1ccc(O)cc1. The first-order chi connectivity index (χ1) is 6.66. The molecule has 4 N–H and O–H groups in total. The maximum atomic E-state index is 9.13. The van der Waals surface area contributed by atoms with Gasteiger partial charge in [-0.2, -0.15) is 0 Å². The molecule has 0 amide bonds. The zero-order valence-corrected chi connectivity index (χ0v) is 7.78. The predicted octanol–water partition coefficient (Wildman–Crippen LogP) is 1.67. The van der Waals surface area contributed by atoms with Crippen LogP contribution in [0.3, 0.4) is 0 Å². The fourth-order valence-electron chi connectivity index (χ4n) is 1.38. The van der Waals surface area contributed by atoms with Crippen LogP contribution in [0.15, 0.2) is 24.3 Å². The summed E-state index contributed by atoms with van der Waals surface area (Å²) in [4.78, 5) is 7.08. The predicted molar refractivity (Wildman–Crippen MR) is 54.8 cm³/mol. The van der Waals surface area contributed by atoms with Gasteiger partial charge in [0.25, 0.3) is 0 Å². The third-order valence-corrected chi connectivity index (χ3v) is 2.04. The highest BCUT2D eigenvalue weighted by molar-refractivity contribution is 5.64. The average Bonchev–Trinajstić information content (AvgIpc) is 2.47. The lowest BCUT2D eigenvalue weighted by Gasteiger charge is -1.98. The molecule has 72 valence electrons. The minimum absolute atomic E-state index is 0.245. The Kier molecular flexibility index (Phi) is 1.89. The van der Waals surface area contributed by atoms with E-state index in [9.17, 15) is 0 Å². The van der Waals surface area contributed by atoms with Crippen molar-refractivity contribution in [2.75, 3.05) is 5.73 Å². The Bertz CT molecular complexity index is 445. The van der Waals surface area contributed by atoms with Crippen LogP contribution in [0.5, 0.6) is 5.75 Å². The Hall–Kier alpha value is -1.97. The van der Waals surface area contributed by atoms with Gasteiger partial charge in [-0.25, -0.2) is 4.98 Å². The average molecular weight is 189 g/mol. The number of hydrogen-bond donors (Lipinski definition) is 3. The minimum atomic E-state index is 0.245. The van der Waals surface area contributed by atoms with Gasteiger partial charge < -0.3 is 15.8 Å². The Morgan fingerprint density at radius 1 is 1.29 bits per heavy atom. The number of aromatic nitrogens is 2. The highest BCUT2D eigenvalue weighted by Gasteiger charge is 2.06. The fraction of sp³-hybridized carbons (Fsp3) is 0.100. The summed E-state index contributed by atoms with van der Waals surface area (Å²) in [5, 5.41) is 9.13. The van der Waals surface area contributed by atoms with Gasteiger partial charge in [0.1, 0.15) is 5.75 Å². The molecule has 1 aromatic heterocycles.